The first-order valence-corrected chi connectivity index (χ1v) is 8.13. The first-order valence-electron chi connectivity index (χ1n) is 6.30. The van der Waals surface area contributed by atoms with Gasteiger partial charge in [0.25, 0.3) is 0 Å². The van der Waals surface area contributed by atoms with Gasteiger partial charge < -0.3 is 15.0 Å². The standard InChI is InChI=1S/C11H20N2O4S/c1-13(9-4-6-18(15,16)8-9)11(14)12-7-10-3-2-5-17-10/h9-10H,2-8H2,1H3,(H,12,14)/t9-,10+/m0/s1. The summed E-state index contributed by atoms with van der Waals surface area (Å²) in [5.41, 5.74) is 0. The molecular formula is C11H20N2O4S. The molecule has 2 aliphatic heterocycles. The van der Waals surface area contributed by atoms with Crippen LogP contribution in [-0.4, -0.2) is 63.2 Å². The second-order valence-electron chi connectivity index (χ2n) is 4.99. The van der Waals surface area contributed by atoms with Crippen molar-refractivity contribution in [3.05, 3.63) is 0 Å². The Labute approximate surface area is 108 Å². The van der Waals surface area contributed by atoms with Crippen molar-refractivity contribution in [2.75, 3.05) is 31.7 Å². The number of hydrogen-bond donors (Lipinski definition) is 1. The van der Waals surface area contributed by atoms with Crippen LogP contribution in [0.3, 0.4) is 0 Å². The molecule has 7 heteroatoms. The van der Waals surface area contributed by atoms with Crippen LogP contribution in [0, 0.1) is 0 Å². The van der Waals surface area contributed by atoms with Crippen LogP contribution in [0.5, 0.6) is 0 Å². The summed E-state index contributed by atoms with van der Waals surface area (Å²) in [6.07, 6.45) is 2.65. The van der Waals surface area contributed by atoms with Crippen molar-refractivity contribution in [1.82, 2.24) is 10.2 Å². The van der Waals surface area contributed by atoms with E-state index in [0.29, 0.717) is 13.0 Å². The van der Waals surface area contributed by atoms with Crippen LogP contribution < -0.4 is 5.32 Å². The summed E-state index contributed by atoms with van der Waals surface area (Å²) in [5.74, 6) is 0.262. The van der Waals surface area contributed by atoms with E-state index in [1.807, 2.05) is 0 Å². The van der Waals surface area contributed by atoms with E-state index in [0.717, 1.165) is 19.4 Å². The van der Waals surface area contributed by atoms with E-state index in [-0.39, 0.29) is 29.7 Å². The highest BCUT2D eigenvalue weighted by Gasteiger charge is 2.32. The first kappa shape index (κ1) is 13.6. The molecule has 0 radical (unpaired) electrons. The van der Waals surface area contributed by atoms with Crippen molar-refractivity contribution in [2.45, 2.75) is 31.4 Å². The van der Waals surface area contributed by atoms with Crippen LogP contribution in [0.4, 0.5) is 4.79 Å². The Morgan fingerprint density at radius 3 is 2.78 bits per heavy atom. The summed E-state index contributed by atoms with van der Waals surface area (Å²) in [4.78, 5) is 13.4. The van der Waals surface area contributed by atoms with Gasteiger partial charge in [-0.05, 0) is 19.3 Å². The summed E-state index contributed by atoms with van der Waals surface area (Å²) in [7, 11) is -1.30. The van der Waals surface area contributed by atoms with E-state index in [1.54, 1.807) is 7.05 Å². The average molecular weight is 276 g/mol. The zero-order valence-electron chi connectivity index (χ0n) is 10.6. The third-order valence-electron chi connectivity index (χ3n) is 3.58. The smallest absolute Gasteiger partial charge is 0.317 e. The number of nitrogens with one attached hydrogen (secondary N) is 1. The molecule has 104 valence electrons. The van der Waals surface area contributed by atoms with Gasteiger partial charge >= 0.3 is 6.03 Å². The maximum atomic E-state index is 11.9. The highest BCUT2D eigenvalue weighted by molar-refractivity contribution is 7.91. The van der Waals surface area contributed by atoms with Crippen molar-refractivity contribution >= 4 is 15.9 Å². The Hall–Kier alpha value is -0.820. The normalized spacial score (nSPS) is 30.3. The molecule has 0 saturated carbocycles. The van der Waals surface area contributed by atoms with E-state index < -0.39 is 9.84 Å². The fraction of sp³-hybridized carbons (Fsp3) is 0.909. The molecule has 0 aromatic carbocycles. The van der Waals surface area contributed by atoms with Crippen LogP contribution in [-0.2, 0) is 14.6 Å². The molecule has 2 atom stereocenters. The fourth-order valence-corrected chi connectivity index (χ4v) is 4.15. The maximum Gasteiger partial charge on any atom is 0.317 e. The second-order valence-corrected chi connectivity index (χ2v) is 7.22. The molecule has 2 fully saturated rings. The fourth-order valence-electron chi connectivity index (χ4n) is 2.38. The number of carbonyl (C=O) groups is 1. The molecule has 0 bridgehead atoms. The number of nitrogens with zero attached hydrogens (tertiary/aromatic N) is 1. The number of sulfone groups is 1. The van der Waals surface area contributed by atoms with Gasteiger partial charge in [0.2, 0.25) is 0 Å². The molecule has 0 spiro atoms. The Morgan fingerprint density at radius 2 is 2.22 bits per heavy atom. The van der Waals surface area contributed by atoms with E-state index in [1.165, 1.54) is 4.90 Å². The minimum Gasteiger partial charge on any atom is -0.376 e. The van der Waals surface area contributed by atoms with E-state index in [9.17, 15) is 13.2 Å². The summed E-state index contributed by atoms with van der Waals surface area (Å²) in [6, 6.07) is -0.410. The minimum absolute atomic E-state index is 0.0802. The van der Waals surface area contributed by atoms with Gasteiger partial charge in [0.1, 0.15) is 0 Å². The Kier molecular flexibility index (Phi) is 4.11. The Bertz CT molecular complexity index is 403. The molecule has 0 aliphatic carbocycles. The molecular weight excluding hydrogens is 256 g/mol. The van der Waals surface area contributed by atoms with Crippen LogP contribution in [0.15, 0.2) is 0 Å². The highest BCUT2D eigenvalue weighted by atomic mass is 32.2. The molecule has 0 unspecified atom stereocenters. The number of urea groups is 1. The van der Waals surface area contributed by atoms with Gasteiger partial charge in [-0.15, -0.1) is 0 Å². The number of hydrogen-bond acceptors (Lipinski definition) is 4. The first-order chi connectivity index (χ1) is 8.48. The van der Waals surface area contributed by atoms with Crippen LogP contribution >= 0.6 is 0 Å². The lowest BCUT2D eigenvalue weighted by Gasteiger charge is -2.24. The summed E-state index contributed by atoms with van der Waals surface area (Å²) >= 11 is 0. The largest absolute Gasteiger partial charge is 0.376 e. The van der Waals surface area contributed by atoms with Gasteiger partial charge in [0, 0.05) is 26.2 Å². The van der Waals surface area contributed by atoms with Crippen LogP contribution in [0.1, 0.15) is 19.3 Å². The van der Waals surface area contributed by atoms with Crippen LogP contribution in [0.25, 0.3) is 0 Å². The van der Waals surface area contributed by atoms with Crippen LogP contribution in [0.2, 0.25) is 0 Å². The monoisotopic (exact) mass is 276 g/mol. The zero-order valence-corrected chi connectivity index (χ0v) is 11.4. The Balaban J connectivity index is 1.78. The van der Waals surface area contributed by atoms with Gasteiger partial charge in [0.05, 0.1) is 17.6 Å². The Morgan fingerprint density at radius 1 is 1.44 bits per heavy atom. The SMILES string of the molecule is CN(C(=O)NC[C@H]1CCCO1)[C@H]1CCS(=O)(=O)C1. The lowest BCUT2D eigenvalue weighted by atomic mass is 10.2. The highest BCUT2D eigenvalue weighted by Crippen LogP contribution is 2.16. The van der Waals surface area contributed by atoms with Gasteiger partial charge in [-0.25, -0.2) is 13.2 Å². The lowest BCUT2D eigenvalue weighted by molar-refractivity contribution is 0.108. The second kappa shape index (κ2) is 5.44. The van der Waals surface area contributed by atoms with E-state index in [2.05, 4.69) is 5.32 Å². The van der Waals surface area contributed by atoms with Crippen molar-refractivity contribution < 1.29 is 17.9 Å². The molecule has 0 aromatic rings. The van der Waals surface area contributed by atoms with Gasteiger partial charge in [-0.1, -0.05) is 0 Å². The molecule has 2 rings (SSSR count). The summed E-state index contributed by atoms with van der Waals surface area (Å²) < 4.78 is 28.1. The van der Waals surface area contributed by atoms with E-state index in [4.69, 9.17) is 4.74 Å². The lowest BCUT2D eigenvalue weighted by Crippen LogP contribution is -2.46. The minimum atomic E-state index is -2.95. The third-order valence-corrected chi connectivity index (χ3v) is 5.33. The third kappa shape index (κ3) is 3.35. The van der Waals surface area contributed by atoms with E-state index >= 15 is 0 Å². The molecule has 6 nitrogen and oxygen atoms in total. The van der Waals surface area contributed by atoms with Gasteiger partial charge in [-0.2, -0.15) is 0 Å². The maximum absolute atomic E-state index is 11.9. The molecule has 2 saturated heterocycles. The van der Waals surface area contributed by atoms with Crippen molar-refractivity contribution in [1.29, 1.82) is 0 Å². The predicted molar refractivity (Wildman–Crippen MR) is 67.2 cm³/mol. The van der Waals surface area contributed by atoms with Gasteiger partial charge in [0.15, 0.2) is 9.84 Å². The quantitative estimate of drug-likeness (QED) is 0.787. The molecule has 2 heterocycles. The van der Waals surface area contributed by atoms with Crippen molar-refractivity contribution in [3.63, 3.8) is 0 Å². The predicted octanol–water partition coefficient (Wildman–Crippen LogP) is -0.00610. The van der Waals surface area contributed by atoms with Crippen molar-refractivity contribution in [2.24, 2.45) is 0 Å². The number of amides is 2. The number of ether oxygens (including phenoxy) is 1. The topological polar surface area (TPSA) is 75.7 Å². The number of rotatable bonds is 3. The molecule has 18 heavy (non-hydrogen) atoms. The molecule has 1 N–H and O–H groups in total. The average Bonchev–Trinajstić information content (AvgIpc) is 2.94. The van der Waals surface area contributed by atoms with Crippen molar-refractivity contribution in [3.8, 4) is 0 Å². The zero-order chi connectivity index (χ0) is 13.2. The number of carbonyl (C=O) groups excluding carboxylic acids is 1. The molecule has 2 aliphatic rings. The van der Waals surface area contributed by atoms with Gasteiger partial charge in [-0.3, -0.25) is 0 Å². The summed E-state index contributed by atoms with van der Waals surface area (Å²) in [5, 5.41) is 2.80. The molecule has 0 aromatic heterocycles. The molecule has 2 amide bonds. The summed E-state index contributed by atoms with van der Waals surface area (Å²) in [6.45, 7) is 1.26.